The molecule has 1 aliphatic rings. The Labute approximate surface area is 115 Å². The van der Waals surface area contributed by atoms with E-state index in [0.717, 1.165) is 5.65 Å². The first kappa shape index (κ1) is 12.7. The number of anilines is 1. The normalized spacial score (nSPS) is 21.9. The van der Waals surface area contributed by atoms with Crippen LogP contribution in [0.4, 0.5) is 5.95 Å². The van der Waals surface area contributed by atoms with Gasteiger partial charge in [-0.3, -0.25) is 0 Å². The molecule has 1 N–H and O–H groups in total. The molecule has 0 aromatic carbocycles. The fourth-order valence-corrected chi connectivity index (χ4v) is 2.16. The highest BCUT2D eigenvalue weighted by atomic mass is 35.5. The molecule has 6 nitrogen and oxygen atoms in total. The van der Waals surface area contributed by atoms with Crippen LogP contribution in [0.5, 0.6) is 0 Å². The molecule has 19 heavy (non-hydrogen) atoms. The molecular formula is C12H15ClN4O2. The topological polar surface area (TPSA) is 60.7 Å². The molecule has 3 heterocycles. The Morgan fingerprint density at radius 2 is 2.37 bits per heavy atom. The second-order valence-electron chi connectivity index (χ2n) is 4.92. The van der Waals surface area contributed by atoms with Crippen LogP contribution in [0.25, 0.3) is 5.65 Å². The van der Waals surface area contributed by atoms with Crippen molar-refractivity contribution in [3.05, 3.63) is 23.4 Å². The molecule has 2 aromatic rings. The van der Waals surface area contributed by atoms with Gasteiger partial charge in [0.15, 0.2) is 11.4 Å². The van der Waals surface area contributed by atoms with E-state index in [9.17, 15) is 0 Å². The van der Waals surface area contributed by atoms with E-state index in [-0.39, 0.29) is 6.10 Å². The molecule has 2 aromatic heterocycles. The Bertz CT molecular complexity index is 598. The minimum absolute atomic E-state index is 0.00482. The summed E-state index contributed by atoms with van der Waals surface area (Å²) >= 11 is 5.89. The maximum atomic E-state index is 5.89. The summed E-state index contributed by atoms with van der Waals surface area (Å²) in [5.41, 5.74) is 0.746. The van der Waals surface area contributed by atoms with Crippen molar-refractivity contribution in [3.8, 4) is 0 Å². The maximum absolute atomic E-state index is 5.89. The molecule has 1 saturated heterocycles. The van der Waals surface area contributed by atoms with Crippen LogP contribution in [-0.2, 0) is 9.47 Å². The van der Waals surface area contributed by atoms with E-state index < -0.39 is 5.79 Å². The fraction of sp³-hybridized carbons (Fsp3) is 0.500. The summed E-state index contributed by atoms with van der Waals surface area (Å²) in [7, 11) is 0. The maximum Gasteiger partial charge on any atom is 0.243 e. The predicted molar refractivity (Wildman–Crippen MR) is 71.4 cm³/mol. The van der Waals surface area contributed by atoms with Gasteiger partial charge >= 0.3 is 0 Å². The van der Waals surface area contributed by atoms with Gasteiger partial charge in [-0.25, -0.2) is 4.52 Å². The highest BCUT2D eigenvalue weighted by Crippen LogP contribution is 2.22. The Morgan fingerprint density at radius 3 is 3.11 bits per heavy atom. The monoisotopic (exact) mass is 282 g/mol. The molecule has 0 aliphatic carbocycles. The summed E-state index contributed by atoms with van der Waals surface area (Å²) in [5, 5.41) is 8.05. The number of nitrogens with one attached hydrogen (secondary N) is 1. The Balaban J connectivity index is 1.66. The van der Waals surface area contributed by atoms with Gasteiger partial charge < -0.3 is 14.8 Å². The summed E-state index contributed by atoms with van der Waals surface area (Å²) in [6.07, 6.45) is 1.72. The Kier molecular flexibility index (Phi) is 3.08. The molecule has 0 bridgehead atoms. The summed E-state index contributed by atoms with van der Waals surface area (Å²) in [6, 6.07) is 3.60. The van der Waals surface area contributed by atoms with E-state index in [4.69, 9.17) is 21.1 Å². The third kappa shape index (κ3) is 2.80. The molecule has 7 heteroatoms. The number of hydrogen-bond donors (Lipinski definition) is 1. The second-order valence-corrected chi connectivity index (χ2v) is 5.35. The van der Waals surface area contributed by atoms with Crippen LogP contribution in [-0.4, -0.2) is 39.6 Å². The number of hydrogen-bond acceptors (Lipinski definition) is 5. The number of ether oxygens (including phenoxy) is 2. The number of aromatic nitrogens is 3. The van der Waals surface area contributed by atoms with E-state index in [1.54, 1.807) is 16.8 Å². The van der Waals surface area contributed by atoms with E-state index >= 15 is 0 Å². The number of halogens is 1. The van der Waals surface area contributed by atoms with E-state index in [0.29, 0.717) is 24.1 Å². The van der Waals surface area contributed by atoms with Gasteiger partial charge in [0.2, 0.25) is 5.95 Å². The largest absolute Gasteiger partial charge is 0.350 e. The summed E-state index contributed by atoms with van der Waals surface area (Å²) < 4.78 is 12.8. The van der Waals surface area contributed by atoms with Crippen molar-refractivity contribution < 1.29 is 9.47 Å². The van der Waals surface area contributed by atoms with Gasteiger partial charge in [0.05, 0.1) is 11.6 Å². The van der Waals surface area contributed by atoms with Crippen molar-refractivity contribution in [2.75, 3.05) is 18.5 Å². The number of rotatable bonds is 3. The van der Waals surface area contributed by atoms with Gasteiger partial charge in [0, 0.05) is 12.7 Å². The average molecular weight is 283 g/mol. The zero-order valence-electron chi connectivity index (χ0n) is 10.8. The minimum Gasteiger partial charge on any atom is -0.350 e. The van der Waals surface area contributed by atoms with Gasteiger partial charge in [-0.2, -0.15) is 4.98 Å². The zero-order valence-corrected chi connectivity index (χ0v) is 11.5. The lowest BCUT2D eigenvalue weighted by Crippen LogP contribution is -2.26. The number of fused-ring (bicyclic) bond motifs is 1. The third-order valence-electron chi connectivity index (χ3n) is 2.85. The lowest BCUT2D eigenvalue weighted by molar-refractivity contribution is -0.136. The number of pyridine rings is 1. The molecule has 102 valence electrons. The first-order valence-corrected chi connectivity index (χ1v) is 6.47. The van der Waals surface area contributed by atoms with Crippen molar-refractivity contribution >= 4 is 23.2 Å². The van der Waals surface area contributed by atoms with Crippen molar-refractivity contribution in [1.82, 2.24) is 14.6 Å². The van der Waals surface area contributed by atoms with Gasteiger partial charge in [-0.05, 0) is 26.0 Å². The first-order chi connectivity index (χ1) is 9.02. The molecule has 1 aliphatic heterocycles. The van der Waals surface area contributed by atoms with Crippen LogP contribution in [0.15, 0.2) is 18.3 Å². The summed E-state index contributed by atoms with van der Waals surface area (Å²) in [6.45, 7) is 4.98. The molecule has 0 saturated carbocycles. The van der Waals surface area contributed by atoms with E-state index in [2.05, 4.69) is 15.4 Å². The quantitative estimate of drug-likeness (QED) is 0.932. The van der Waals surface area contributed by atoms with Crippen molar-refractivity contribution in [3.63, 3.8) is 0 Å². The minimum atomic E-state index is -0.508. The molecule has 0 radical (unpaired) electrons. The van der Waals surface area contributed by atoms with Crippen LogP contribution < -0.4 is 5.32 Å². The second kappa shape index (κ2) is 4.63. The van der Waals surface area contributed by atoms with Crippen LogP contribution in [0.1, 0.15) is 13.8 Å². The molecular weight excluding hydrogens is 268 g/mol. The lowest BCUT2D eigenvalue weighted by atomic mass is 10.4. The SMILES string of the molecule is CC1(C)OCC(CNc2nc3ccc(Cl)cn3n2)O1. The van der Waals surface area contributed by atoms with Gasteiger partial charge in [-0.1, -0.05) is 11.6 Å². The Morgan fingerprint density at radius 1 is 1.53 bits per heavy atom. The number of nitrogens with zero attached hydrogens (tertiary/aromatic N) is 3. The van der Waals surface area contributed by atoms with Crippen molar-refractivity contribution in [1.29, 1.82) is 0 Å². The lowest BCUT2D eigenvalue weighted by Gasteiger charge is -2.16. The molecule has 3 rings (SSSR count). The van der Waals surface area contributed by atoms with Gasteiger partial charge in [0.1, 0.15) is 6.10 Å². The molecule has 0 spiro atoms. The first-order valence-electron chi connectivity index (χ1n) is 6.09. The fourth-order valence-electron chi connectivity index (χ4n) is 2.00. The predicted octanol–water partition coefficient (Wildman–Crippen LogP) is 1.95. The molecule has 1 fully saturated rings. The molecule has 1 atom stereocenters. The van der Waals surface area contributed by atoms with E-state index in [1.165, 1.54) is 0 Å². The van der Waals surface area contributed by atoms with Gasteiger partial charge in [-0.15, -0.1) is 5.10 Å². The molecule has 1 unspecified atom stereocenters. The third-order valence-corrected chi connectivity index (χ3v) is 3.07. The standard InChI is InChI=1S/C12H15ClN4O2/c1-12(2)18-7-9(19-12)5-14-11-15-10-4-3-8(13)6-17(10)16-11/h3-4,6,9H,5,7H2,1-2H3,(H,14,16). The summed E-state index contributed by atoms with van der Waals surface area (Å²) in [4.78, 5) is 4.34. The van der Waals surface area contributed by atoms with Crippen LogP contribution >= 0.6 is 11.6 Å². The van der Waals surface area contributed by atoms with Crippen LogP contribution in [0.3, 0.4) is 0 Å². The van der Waals surface area contributed by atoms with Crippen molar-refractivity contribution in [2.24, 2.45) is 0 Å². The Hall–Kier alpha value is -1.37. The highest BCUT2D eigenvalue weighted by molar-refractivity contribution is 6.30. The average Bonchev–Trinajstić information content (AvgIpc) is 2.89. The highest BCUT2D eigenvalue weighted by Gasteiger charge is 2.32. The zero-order chi connectivity index (χ0) is 13.5. The van der Waals surface area contributed by atoms with Crippen LogP contribution in [0.2, 0.25) is 5.02 Å². The molecule has 0 amide bonds. The van der Waals surface area contributed by atoms with Gasteiger partial charge in [0.25, 0.3) is 0 Å². The van der Waals surface area contributed by atoms with Crippen molar-refractivity contribution in [2.45, 2.75) is 25.7 Å². The van der Waals surface area contributed by atoms with E-state index in [1.807, 2.05) is 19.9 Å². The summed E-state index contributed by atoms with van der Waals surface area (Å²) in [5.74, 6) is 0.0437. The van der Waals surface area contributed by atoms with Crippen LogP contribution in [0, 0.1) is 0 Å². The smallest absolute Gasteiger partial charge is 0.243 e.